The van der Waals surface area contributed by atoms with Crippen molar-refractivity contribution in [2.24, 2.45) is 5.92 Å². The summed E-state index contributed by atoms with van der Waals surface area (Å²) in [4.78, 5) is 0. The first-order valence-corrected chi connectivity index (χ1v) is 8.80. The molecule has 0 radical (unpaired) electrons. The van der Waals surface area contributed by atoms with Crippen LogP contribution in [0.5, 0.6) is 0 Å². The molecule has 1 aliphatic heterocycles. The summed E-state index contributed by atoms with van der Waals surface area (Å²) in [7, 11) is -3.17. The maximum absolute atomic E-state index is 12.2. The molecule has 1 rings (SSSR count). The number of sulfonamides is 1. The van der Waals surface area contributed by atoms with E-state index in [2.05, 4.69) is 19.2 Å². The van der Waals surface area contributed by atoms with Crippen molar-refractivity contribution in [3.05, 3.63) is 0 Å². The van der Waals surface area contributed by atoms with Crippen LogP contribution in [0.3, 0.4) is 0 Å². The highest BCUT2D eigenvalue weighted by Gasteiger charge is 2.31. The average Bonchev–Trinajstić information content (AvgIpc) is 2.31. The third kappa shape index (κ3) is 5.38. The van der Waals surface area contributed by atoms with E-state index >= 15 is 0 Å². The summed E-state index contributed by atoms with van der Waals surface area (Å²) in [5.41, 5.74) is 0. The van der Waals surface area contributed by atoms with E-state index in [-0.39, 0.29) is 18.5 Å². The fraction of sp³-hybridized carbons (Fsp3) is 1.00. The van der Waals surface area contributed by atoms with Gasteiger partial charge in [-0.2, -0.15) is 0 Å². The number of ether oxygens (including phenoxy) is 1. The van der Waals surface area contributed by atoms with Crippen LogP contribution in [0.25, 0.3) is 0 Å². The molecule has 1 heterocycles. The van der Waals surface area contributed by atoms with Crippen molar-refractivity contribution in [3.8, 4) is 0 Å². The third-order valence-electron chi connectivity index (χ3n) is 3.52. The lowest BCUT2D eigenvalue weighted by Gasteiger charge is -2.36. The second-order valence-electron chi connectivity index (χ2n) is 5.52. The molecule has 2 unspecified atom stereocenters. The second-order valence-corrected chi connectivity index (χ2v) is 7.61. The van der Waals surface area contributed by atoms with Crippen LogP contribution in [-0.2, 0) is 14.8 Å². The zero-order valence-corrected chi connectivity index (χ0v) is 13.4. The molecular weight excluding hydrogens is 264 g/mol. The summed E-state index contributed by atoms with van der Waals surface area (Å²) in [5.74, 6) is 0.443. The van der Waals surface area contributed by atoms with Gasteiger partial charge >= 0.3 is 0 Å². The van der Waals surface area contributed by atoms with E-state index in [1.54, 1.807) is 4.31 Å². The van der Waals surface area contributed by atoms with Gasteiger partial charge in [0.05, 0.1) is 18.5 Å². The van der Waals surface area contributed by atoms with E-state index < -0.39 is 10.0 Å². The molecule has 2 atom stereocenters. The average molecular weight is 292 g/mol. The minimum Gasteiger partial charge on any atom is -0.378 e. The molecule has 0 spiro atoms. The van der Waals surface area contributed by atoms with Crippen LogP contribution in [0.2, 0.25) is 0 Å². The van der Waals surface area contributed by atoms with Crippen molar-refractivity contribution in [1.29, 1.82) is 0 Å². The van der Waals surface area contributed by atoms with Crippen LogP contribution in [0.1, 0.15) is 34.1 Å². The highest BCUT2D eigenvalue weighted by molar-refractivity contribution is 7.89. The molecule has 19 heavy (non-hydrogen) atoms. The summed E-state index contributed by atoms with van der Waals surface area (Å²) in [6.45, 7) is 10.5. The topological polar surface area (TPSA) is 58.6 Å². The van der Waals surface area contributed by atoms with Gasteiger partial charge in [0.15, 0.2) is 0 Å². The van der Waals surface area contributed by atoms with Crippen molar-refractivity contribution in [2.75, 3.05) is 32.0 Å². The van der Waals surface area contributed by atoms with Gasteiger partial charge in [0.1, 0.15) is 0 Å². The summed E-state index contributed by atoms with van der Waals surface area (Å²) >= 11 is 0. The molecule has 0 bridgehead atoms. The lowest BCUT2D eigenvalue weighted by molar-refractivity contribution is 0.0903. The predicted molar refractivity (Wildman–Crippen MR) is 77.7 cm³/mol. The van der Waals surface area contributed by atoms with Crippen molar-refractivity contribution in [1.82, 2.24) is 9.62 Å². The van der Waals surface area contributed by atoms with Crippen LogP contribution < -0.4 is 5.32 Å². The molecule has 1 saturated heterocycles. The van der Waals surface area contributed by atoms with E-state index in [9.17, 15) is 8.42 Å². The molecule has 6 heteroatoms. The summed E-state index contributed by atoms with van der Waals surface area (Å²) in [5, 5.41) is 3.42. The molecule has 0 aromatic carbocycles. The van der Waals surface area contributed by atoms with Gasteiger partial charge < -0.3 is 10.1 Å². The molecule has 0 amide bonds. The Bertz CT molecular complexity index is 357. The van der Waals surface area contributed by atoms with Gasteiger partial charge in [0, 0.05) is 19.1 Å². The van der Waals surface area contributed by atoms with Crippen molar-refractivity contribution >= 4 is 10.0 Å². The number of piperidine rings is 1. The Morgan fingerprint density at radius 1 is 1.42 bits per heavy atom. The van der Waals surface area contributed by atoms with Crippen molar-refractivity contribution in [3.63, 3.8) is 0 Å². The molecule has 1 N–H and O–H groups in total. The molecule has 0 aromatic rings. The van der Waals surface area contributed by atoms with Gasteiger partial charge in [-0.25, -0.2) is 12.7 Å². The molecule has 0 aliphatic carbocycles. The van der Waals surface area contributed by atoms with Gasteiger partial charge in [0.2, 0.25) is 10.0 Å². The van der Waals surface area contributed by atoms with E-state index in [1.165, 1.54) is 0 Å². The Morgan fingerprint density at radius 3 is 2.63 bits per heavy atom. The lowest BCUT2D eigenvalue weighted by Crippen LogP contribution is -2.50. The van der Waals surface area contributed by atoms with E-state index in [4.69, 9.17) is 4.74 Å². The van der Waals surface area contributed by atoms with E-state index in [0.717, 1.165) is 13.0 Å². The summed E-state index contributed by atoms with van der Waals surface area (Å²) in [6.07, 6.45) is 0.966. The largest absolute Gasteiger partial charge is 0.378 e. The first kappa shape index (κ1) is 16.9. The maximum Gasteiger partial charge on any atom is 0.216 e. The third-order valence-corrected chi connectivity index (χ3v) is 5.32. The molecule has 114 valence electrons. The molecule has 1 fully saturated rings. The molecular formula is C13H28N2O3S. The first-order chi connectivity index (χ1) is 8.86. The Morgan fingerprint density at radius 2 is 2.11 bits per heavy atom. The molecule has 0 aromatic heterocycles. The molecule has 0 saturated carbocycles. The van der Waals surface area contributed by atoms with E-state index in [1.807, 2.05) is 13.8 Å². The second kappa shape index (κ2) is 7.57. The SMILES string of the molecule is CCNC1CCN(S(=O)(=O)CCOC(C)C)CC1C. The highest BCUT2D eigenvalue weighted by Crippen LogP contribution is 2.19. The van der Waals surface area contributed by atoms with Crippen LogP contribution in [0.4, 0.5) is 0 Å². The number of nitrogens with zero attached hydrogens (tertiary/aromatic N) is 1. The van der Waals surface area contributed by atoms with Crippen molar-refractivity contribution in [2.45, 2.75) is 46.3 Å². The van der Waals surface area contributed by atoms with Crippen LogP contribution >= 0.6 is 0 Å². The molecule has 1 aliphatic rings. The number of hydrogen-bond donors (Lipinski definition) is 1. The standard InChI is InChI=1S/C13H28N2O3S/c1-5-14-13-6-7-15(10-12(13)4)19(16,17)9-8-18-11(2)3/h11-14H,5-10H2,1-4H3. The number of hydrogen-bond acceptors (Lipinski definition) is 4. The Labute approximate surface area is 117 Å². The molecule has 5 nitrogen and oxygen atoms in total. The lowest BCUT2D eigenvalue weighted by atomic mass is 9.95. The van der Waals surface area contributed by atoms with Crippen LogP contribution in [-0.4, -0.2) is 56.9 Å². The maximum atomic E-state index is 12.2. The number of rotatable bonds is 7. The Balaban J connectivity index is 2.47. The van der Waals surface area contributed by atoms with Crippen molar-refractivity contribution < 1.29 is 13.2 Å². The normalized spacial score (nSPS) is 25.9. The zero-order valence-electron chi connectivity index (χ0n) is 12.6. The highest BCUT2D eigenvalue weighted by atomic mass is 32.2. The number of nitrogens with one attached hydrogen (secondary N) is 1. The predicted octanol–water partition coefficient (Wildman–Crippen LogP) is 1.06. The van der Waals surface area contributed by atoms with Gasteiger partial charge in [-0.15, -0.1) is 0 Å². The monoisotopic (exact) mass is 292 g/mol. The summed E-state index contributed by atoms with van der Waals surface area (Å²) in [6, 6.07) is 0.434. The Kier molecular flexibility index (Phi) is 6.73. The van der Waals surface area contributed by atoms with Gasteiger partial charge in [-0.05, 0) is 32.7 Å². The quantitative estimate of drug-likeness (QED) is 0.762. The summed E-state index contributed by atoms with van der Waals surface area (Å²) < 4.78 is 31.4. The Hall–Kier alpha value is -0.170. The van der Waals surface area contributed by atoms with E-state index in [0.29, 0.717) is 25.0 Å². The zero-order chi connectivity index (χ0) is 14.5. The minimum absolute atomic E-state index is 0.0774. The van der Waals surface area contributed by atoms with Gasteiger partial charge in [0.25, 0.3) is 0 Å². The fourth-order valence-electron chi connectivity index (χ4n) is 2.44. The first-order valence-electron chi connectivity index (χ1n) is 7.19. The fourth-order valence-corrected chi connectivity index (χ4v) is 3.85. The van der Waals surface area contributed by atoms with Crippen LogP contribution in [0.15, 0.2) is 0 Å². The minimum atomic E-state index is -3.17. The van der Waals surface area contributed by atoms with Gasteiger partial charge in [-0.1, -0.05) is 13.8 Å². The van der Waals surface area contributed by atoms with Crippen LogP contribution in [0, 0.1) is 5.92 Å². The van der Waals surface area contributed by atoms with Gasteiger partial charge in [-0.3, -0.25) is 0 Å². The smallest absolute Gasteiger partial charge is 0.216 e.